The van der Waals surface area contributed by atoms with Gasteiger partial charge in [0.25, 0.3) is 5.91 Å². The van der Waals surface area contributed by atoms with Gasteiger partial charge >= 0.3 is 5.97 Å². The fourth-order valence-corrected chi connectivity index (χ4v) is 5.87. The van der Waals surface area contributed by atoms with Crippen LogP contribution in [0.3, 0.4) is 0 Å². The number of methoxy groups -OCH3 is 2. The van der Waals surface area contributed by atoms with Crippen molar-refractivity contribution in [3.8, 4) is 11.5 Å². The number of esters is 1. The molecule has 5 N–H and O–H groups in total. The summed E-state index contributed by atoms with van der Waals surface area (Å²) < 4.78 is 50.6. The average molecular weight is 752 g/mol. The lowest BCUT2D eigenvalue weighted by Gasteiger charge is -2.42. The highest BCUT2D eigenvalue weighted by molar-refractivity contribution is 5.81. The Labute approximate surface area is 309 Å². The van der Waals surface area contributed by atoms with Crippen LogP contribution in [0.2, 0.25) is 0 Å². The number of hydrogen-bond acceptors (Lipinski definition) is 15. The SMILES string of the molecule is COc1ccc(CCOC(=O)C2O[C@@H](OC(C)C)[C@@H](O)[C@@H](O)[C@@H]2OCCO[C@@H]2OC(C(=O)NCc3ccccc3)[C@@H](OC(C)C)[C@H](O)[C@@H]2O)cc1OC. The molecule has 53 heavy (non-hydrogen) atoms. The molecule has 0 bridgehead atoms. The van der Waals surface area contributed by atoms with E-state index in [2.05, 4.69) is 5.32 Å². The normalized spacial score (nSPS) is 28.8. The summed E-state index contributed by atoms with van der Waals surface area (Å²) in [6.07, 6.45) is -15.2. The third-order valence-corrected chi connectivity index (χ3v) is 8.48. The molecule has 2 heterocycles. The van der Waals surface area contributed by atoms with Gasteiger partial charge in [-0.05, 0) is 51.0 Å². The van der Waals surface area contributed by atoms with Gasteiger partial charge in [-0.15, -0.1) is 0 Å². The van der Waals surface area contributed by atoms with Gasteiger partial charge < -0.3 is 68.4 Å². The maximum atomic E-state index is 13.3. The van der Waals surface area contributed by atoms with Crippen LogP contribution < -0.4 is 14.8 Å². The van der Waals surface area contributed by atoms with Gasteiger partial charge in [-0.3, -0.25) is 4.79 Å². The van der Waals surface area contributed by atoms with Crippen LogP contribution >= 0.6 is 0 Å². The Morgan fingerprint density at radius 2 is 1.32 bits per heavy atom. The highest BCUT2D eigenvalue weighted by Crippen LogP contribution is 2.30. The van der Waals surface area contributed by atoms with Crippen LogP contribution in [0.1, 0.15) is 38.8 Å². The minimum absolute atomic E-state index is 0.0563. The standard InChI is InChI=1S/C37H53NO15/c1-20(2)50-31-27(40)28(41)36(52-32(31)34(43)38-19-23-10-8-7-9-11-23)49-17-16-47-30-26(39)29(42)37(51-21(3)4)53-33(30)35(44)48-15-14-22-12-13-24(45-5)25(18-22)46-6/h7-13,18,20-21,26-33,36-37,39-42H,14-17,19H2,1-6H3,(H,38,43)/t26-,27-,28+,29+,30+,31+,32?,33?,36-,37-/m1/s1. The molecular weight excluding hydrogens is 698 g/mol. The molecule has 2 aliphatic rings. The summed E-state index contributed by atoms with van der Waals surface area (Å²) in [6, 6.07) is 14.5. The van der Waals surface area contributed by atoms with Gasteiger partial charge in [0.15, 0.2) is 36.3 Å². The van der Waals surface area contributed by atoms with E-state index < -0.39 is 85.5 Å². The fourth-order valence-electron chi connectivity index (χ4n) is 5.87. The van der Waals surface area contributed by atoms with Gasteiger partial charge in [-0.1, -0.05) is 36.4 Å². The van der Waals surface area contributed by atoms with E-state index >= 15 is 0 Å². The summed E-state index contributed by atoms with van der Waals surface area (Å²) in [6.45, 7) is 6.37. The first-order valence-electron chi connectivity index (χ1n) is 17.6. The molecule has 0 aliphatic carbocycles. The zero-order valence-corrected chi connectivity index (χ0v) is 30.9. The summed E-state index contributed by atoms with van der Waals surface area (Å²) in [7, 11) is 3.04. The van der Waals surface area contributed by atoms with Crippen molar-refractivity contribution < 1.29 is 72.6 Å². The Morgan fingerprint density at radius 1 is 0.698 bits per heavy atom. The molecule has 16 heteroatoms. The Morgan fingerprint density at radius 3 is 1.98 bits per heavy atom. The number of benzene rings is 2. The molecule has 0 aromatic heterocycles. The second-order valence-corrected chi connectivity index (χ2v) is 13.2. The van der Waals surface area contributed by atoms with Crippen LogP contribution in [0, 0.1) is 0 Å². The summed E-state index contributed by atoms with van der Waals surface area (Å²) in [5, 5.41) is 46.4. The van der Waals surface area contributed by atoms with Gasteiger partial charge in [0.2, 0.25) is 0 Å². The van der Waals surface area contributed by atoms with Crippen molar-refractivity contribution in [3.63, 3.8) is 0 Å². The van der Waals surface area contributed by atoms with Crippen molar-refractivity contribution >= 4 is 11.9 Å². The molecule has 296 valence electrons. The number of nitrogens with one attached hydrogen (secondary N) is 1. The first-order chi connectivity index (χ1) is 25.3. The largest absolute Gasteiger partial charge is 0.493 e. The summed E-state index contributed by atoms with van der Waals surface area (Å²) in [5.74, 6) is -0.391. The molecule has 0 saturated carbocycles. The molecule has 1 amide bonds. The van der Waals surface area contributed by atoms with Crippen molar-refractivity contribution in [1.82, 2.24) is 5.32 Å². The number of carbonyl (C=O) groups excluding carboxylic acids is 2. The zero-order valence-electron chi connectivity index (χ0n) is 30.9. The third kappa shape index (κ3) is 11.5. The van der Waals surface area contributed by atoms with E-state index in [4.69, 9.17) is 42.6 Å². The molecule has 0 radical (unpaired) electrons. The van der Waals surface area contributed by atoms with Crippen molar-refractivity contribution in [2.24, 2.45) is 0 Å². The van der Waals surface area contributed by atoms with E-state index in [0.29, 0.717) is 17.9 Å². The third-order valence-electron chi connectivity index (χ3n) is 8.48. The monoisotopic (exact) mass is 751 g/mol. The van der Waals surface area contributed by atoms with E-state index in [-0.39, 0.29) is 26.4 Å². The van der Waals surface area contributed by atoms with Crippen LogP contribution in [0.4, 0.5) is 0 Å². The van der Waals surface area contributed by atoms with E-state index in [1.807, 2.05) is 30.3 Å². The second kappa shape index (κ2) is 20.3. The average Bonchev–Trinajstić information content (AvgIpc) is 3.14. The molecule has 16 nitrogen and oxygen atoms in total. The predicted octanol–water partition coefficient (Wildman–Crippen LogP) is 0.620. The maximum absolute atomic E-state index is 13.3. The molecule has 2 unspecified atom stereocenters. The van der Waals surface area contributed by atoms with Crippen LogP contribution in [0.15, 0.2) is 48.5 Å². The van der Waals surface area contributed by atoms with Gasteiger partial charge in [0, 0.05) is 13.0 Å². The van der Waals surface area contributed by atoms with E-state index in [1.165, 1.54) is 14.2 Å². The minimum Gasteiger partial charge on any atom is -0.493 e. The molecule has 10 atom stereocenters. The molecule has 2 saturated heterocycles. The quantitative estimate of drug-likeness (QED) is 0.104. The van der Waals surface area contributed by atoms with Crippen LogP contribution in [0.25, 0.3) is 0 Å². The molecule has 0 spiro atoms. The lowest BCUT2D eigenvalue weighted by Crippen LogP contribution is -2.63. The van der Waals surface area contributed by atoms with Gasteiger partial charge in [0.1, 0.15) is 36.6 Å². The van der Waals surface area contributed by atoms with Gasteiger partial charge in [-0.25, -0.2) is 4.79 Å². The molecule has 2 aromatic carbocycles. The van der Waals surface area contributed by atoms with Gasteiger partial charge in [0.05, 0.1) is 46.2 Å². The topological polar surface area (TPSA) is 210 Å². The minimum atomic E-state index is -1.64. The fraction of sp³-hybridized carbons (Fsp3) is 0.622. The van der Waals surface area contributed by atoms with Crippen molar-refractivity contribution in [3.05, 3.63) is 59.7 Å². The summed E-state index contributed by atoms with van der Waals surface area (Å²) in [4.78, 5) is 26.6. The Bertz CT molecular complexity index is 1430. The molecule has 2 aromatic rings. The van der Waals surface area contributed by atoms with Crippen molar-refractivity contribution in [2.45, 2.75) is 114 Å². The molecule has 4 rings (SSSR count). The lowest BCUT2D eigenvalue weighted by atomic mass is 9.97. The number of aliphatic hydroxyl groups is 4. The van der Waals surface area contributed by atoms with E-state index in [9.17, 15) is 30.0 Å². The van der Waals surface area contributed by atoms with Gasteiger partial charge in [-0.2, -0.15) is 0 Å². The number of amides is 1. The smallest absolute Gasteiger partial charge is 0.338 e. The number of carbonyl (C=O) groups is 2. The van der Waals surface area contributed by atoms with Crippen LogP contribution in [0.5, 0.6) is 11.5 Å². The predicted molar refractivity (Wildman–Crippen MR) is 186 cm³/mol. The van der Waals surface area contributed by atoms with Crippen molar-refractivity contribution in [1.29, 1.82) is 0 Å². The highest BCUT2D eigenvalue weighted by Gasteiger charge is 2.51. The summed E-state index contributed by atoms with van der Waals surface area (Å²) in [5.41, 5.74) is 1.64. The lowest BCUT2D eigenvalue weighted by molar-refractivity contribution is -0.315. The number of aliphatic hydroxyl groups excluding tert-OH is 4. The van der Waals surface area contributed by atoms with Crippen molar-refractivity contribution in [2.75, 3.05) is 34.0 Å². The Hall–Kier alpha value is -3.42. The molecule has 2 fully saturated rings. The number of ether oxygens (including phenoxy) is 9. The Kier molecular flexibility index (Phi) is 16.2. The van der Waals surface area contributed by atoms with E-state index in [1.54, 1.807) is 45.9 Å². The number of rotatable bonds is 18. The second-order valence-electron chi connectivity index (χ2n) is 13.2. The number of hydrogen-bond donors (Lipinski definition) is 5. The molecule has 2 aliphatic heterocycles. The Balaban J connectivity index is 1.38. The first-order valence-corrected chi connectivity index (χ1v) is 17.6. The van der Waals surface area contributed by atoms with E-state index in [0.717, 1.165) is 11.1 Å². The van der Waals surface area contributed by atoms with Crippen LogP contribution in [-0.2, 0) is 55.7 Å². The van der Waals surface area contributed by atoms with Crippen LogP contribution in [-0.4, -0.2) is 140 Å². The zero-order chi connectivity index (χ0) is 38.7. The first kappa shape index (κ1) is 42.3. The maximum Gasteiger partial charge on any atom is 0.338 e. The molecular formula is C37H53NO15. The summed E-state index contributed by atoms with van der Waals surface area (Å²) >= 11 is 0. The highest BCUT2D eigenvalue weighted by atomic mass is 16.7.